The van der Waals surface area contributed by atoms with Crippen molar-refractivity contribution in [3.8, 4) is 0 Å². The molecule has 0 bridgehead atoms. The van der Waals surface area contributed by atoms with E-state index in [1.165, 1.54) is 6.21 Å². The van der Waals surface area contributed by atoms with Crippen LogP contribution in [0.2, 0.25) is 10.0 Å². The first kappa shape index (κ1) is 16.0. The Morgan fingerprint density at radius 3 is 2.52 bits per heavy atom. The molecule has 0 saturated carbocycles. The molecule has 1 amide bonds. The van der Waals surface area contributed by atoms with Crippen LogP contribution in [0, 0.1) is 0 Å². The van der Waals surface area contributed by atoms with E-state index in [4.69, 9.17) is 23.2 Å². The number of benzene rings is 2. The largest absolute Gasteiger partial charge is 0.273 e. The van der Waals surface area contributed by atoms with E-state index in [0.29, 0.717) is 10.0 Å². The van der Waals surface area contributed by atoms with Gasteiger partial charge in [-0.1, -0.05) is 57.3 Å². The van der Waals surface area contributed by atoms with Gasteiger partial charge in [0.1, 0.15) is 0 Å². The van der Waals surface area contributed by atoms with Gasteiger partial charge in [0.15, 0.2) is 0 Å². The lowest BCUT2D eigenvalue weighted by Crippen LogP contribution is -2.19. The van der Waals surface area contributed by atoms with E-state index in [2.05, 4.69) is 26.5 Å². The molecule has 0 atom stereocenters. The monoisotopic (exact) mass is 384 g/mol. The fourth-order valence-corrected chi connectivity index (χ4v) is 2.17. The van der Waals surface area contributed by atoms with Crippen LogP contribution in [0.15, 0.2) is 52.0 Å². The maximum absolute atomic E-state index is 11.7. The van der Waals surface area contributed by atoms with Crippen LogP contribution >= 0.6 is 39.1 Å². The third-order valence-corrected chi connectivity index (χ3v) is 3.89. The van der Waals surface area contributed by atoms with Gasteiger partial charge in [0, 0.05) is 4.47 Å². The average Bonchev–Trinajstić information content (AvgIpc) is 2.45. The van der Waals surface area contributed by atoms with E-state index in [1.54, 1.807) is 18.2 Å². The summed E-state index contributed by atoms with van der Waals surface area (Å²) >= 11 is 15.1. The van der Waals surface area contributed by atoms with Gasteiger partial charge in [0.25, 0.3) is 0 Å². The Morgan fingerprint density at radius 1 is 1.14 bits per heavy atom. The summed E-state index contributed by atoms with van der Waals surface area (Å²) in [6.07, 6.45) is 1.79. The van der Waals surface area contributed by atoms with Crippen molar-refractivity contribution < 1.29 is 4.79 Å². The highest BCUT2D eigenvalue weighted by atomic mass is 79.9. The first-order valence-corrected chi connectivity index (χ1v) is 7.61. The third kappa shape index (κ3) is 5.16. The molecule has 0 aromatic heterocycles. The fourth-order valence-electron chi connectivity index (χ4n) is 1.60. The van der Waals surface area contributed by atoms with Gasteiger partial charge < -0.3 is 0 Å². The zero-order chi connectivity index (χ0) is 15.2. The molecule has 108 valence electrons. The molecule has 0 heterocycles. The van der Waals surface area contributed by atoms with E-state index < -0.39 is 0 Å². The minimum atomic E-state index is -0.186. The van der Waals surface area contributed by atoms with Crippen LogP contribution in [-0.4, -0.2) is 12.1 Å². The molecule has 0 aliphatic carbocycles. The molecule has 3 nitrogen and oxygen atoms in total. The highest BCUT2D eigenvalue weighted by molar-refractivity contribution is 9.10. The number of carbonyl (C=O) groups excluding carboxylic acids is 1. The second-order valence-electron chi connectivity index (χ2n) is 4.27. The SMILES string of the molecule is O=C(Cc1ccc(Br)cc1)N/N=C\c1ccc(Cl)c(Cl)c1. The second-order valence-corrected chi connectivity index (χ2v) is 6.00. The van der Waals surface area contributed by atoms with E-state index >= 15 is 0 Å². The molecule has 2 aromatic carbocycles. The van der Waals surface area contributed by atoms with Crippen LogP contribution in [-0.2, 0) is 11.2 Å². The summed E-state index contributed by atoms with van der Waals surface area (Å²) in [6.45, 7) is 0. The molecule has 2 aromatic rings. The van der Waals surface area contributed by atoms with Crippen LogP contribution in [0.1, 0.15) is 11.1 Å². The Bertz CT molecular complexity index is 672. The molecule has 0 spiro atoms. The molecule has 1 N–H and O–H groups in total. The summed E-state index contributed by atoms with van der Waals surface area (Å²) in [6, 6.07) is 12.7. The lowest BCUT2D eigenvalue weighted by molar-refractivity contribution is -0.120. The fraction of sp³-hybridized carbons (Fsp3) is 0.0667. The predicted molar refractivity (Wildman–Crippen MR) is 90.0 cm³/mol. The summed E-state index contributed by atoms with van der Waals surface area (Å²) < 4.78 is 0.976. The summed E-state index contributed by atoms with van der Waals surface area (Å²) in [5.74, 6) is -0.186. The van der Waals surface area contributed by atoms with Crippen molar-refractivity contribution in [1.82, 2.24) is 5.43 Å². The quantitative estimate of drug-likeness (QED) is 0.613. The maximum atomic E-state index is 11.7. The number of carbonyl (C=O) groups is 1. The molecule has 0 unspecified atom stereocenters. The lowest BCUT2D eigenvalue weighted by Gasteiger charge is -2.01. The van der Waals surface area contributed by atoms with E-state index in [9.17, 15) is 4.79 Å². The van der Waals surface area contributed by atoms with Crippen LogP contribution in [0.25, 0.3) is 0 Å². The van der Waals surface area contributed by atoms with Crippen molar-refractivity contribution in [3.63, 3.8) is 0 Å². The predicted octanol–water partition coefficient (Wildman–Crippen LogP) is 4.45. The van der Waals surface area contributed by atoms with Crippen LogP contribution in [0.5, 0.6) is 0 Å². The van der Waals surface area contributed by atoms with Crippen molar-refractivity contribution in [3.05, 3.63) is 68.1 Å². The Kier molecular flexibility index (Phi) is 5.79. The molecule has 21 heavy (non-hydrogen) atoms. The van der Waals surface area contributed by atoms with Gasteiger partial charge in [-0.05, 0) is 35.4 Å². The van der Waals surface area contributed by atoms with Crippen LogP contribution in [0.4, 0.5) is 0 Å². The first-order valence-electron chi connectivity index (χ1n) is 6.06. The van der Waals surface area contributed by atoms with Gasteiger partial charge in [-0.15, -0.1) is 0 Å². The standard InChI is InChI=1S/C15H11BrCl2N2O/c16-12-4-1-10(2-5-12)8-15(21)20-19-9-11-3-6-13(17)14(18)7-11/h1-7,9H,8H2,(H,20,21)/b19-9-. The van der Waals surface area contributed by atoms with E-state index in [0.717, 1.165) is 15.6 Å². The molecule has 0 saturated heterocycles. The normalized spacial score (nSPS) is 10.8. The summed E-state index contributed by atoms with van der Waals surface area (Å²) in [4.78, 5) is 11.7. The third-order valence-electron chi connectivity index (χ3n) is 2.62. The Morgan fingerprint density at radius 2 is 1.86 bits per heavy atom. The number of nitrogens with zero attached hydrogens (tertiary/aromatic N) is 1. The molecule has 2 rings (SSSR count). The molecule has 0 fully saturated rings. The lowest BCUT2D eigenvalue weighted by atomic mass is 10.1. The van der Waals surface area contributed by atoms with Gasteiger partial charge in [-0.25, -0.2) is 5.43 Å². The zero-order valence-electron chi connectivity index (χ0n) is 10.8. The topological polar surface area (TPSA) is 41.5 Å². The molecular weight excluding hydrogens is 375 g/mol. The number of hydrogen-bond acceptors (Lipinski definition) is 2. The maximum Gasteiger partial charge on any atom is 0.244 e. The van der Waals surface area contributed by atoms with Crippen molar-refractivity contribution in [2.75, 3.05) is 0 Å². The summed E-state index contributed by atoms with van der Waals surface area (Å²) in [5.41, 5.74) is 4.15. The highest BCUT2D eigenvalue weighted by Gasteiger charge is 2.02. The number of hydrogen-bond donors (Lipinski definition) is 1. The van der Waals surface area contributed by atoms with Gasteiger partial charge in [0.05, 0.1) is 22.7 Å². The zero-order valence-corrected chi connectivity index (χ0v) is 13.9. The van der Waals surface area contributed by atoms with Crippen molar-refractivity contribution in [2.45, 2.75) is 6.42 Å². The number of halogens is 3. The Labute approximate surface area is 141 Å². The smallest absolute Gasteiger partial charge is 0.244 e. The van der Waals surface area contributed by atoms with Gasteiger partial charge >= 0.3 is 0 Å². The number of hydrazone groups is 1. The molecule has 0 aliphatic rings. The molecular formula is C15H11BrCl2N2O. The highest BCUT2D eigenvalue weighted by Crippen LogP contribution is 2.21. The molecule has 0 radical (unpaired) electrons. The van der Waals surface area contributed by atoms with Gasteiger partial charge in [-0.2, -0.15) is 5.10 Å². The van der Waals surface area contributed by atoms with Gasteiger partial charge in [0.2, 0.25) is 5.91 Å². The Balaban J connectivity index is 1.89. The molecule has 0 aliphatic heterocycles. The average molecular weight is 386 g/mol. The van der Waals surface area contributed by atoms with Crippen LogP contribution < -0.4 is 5.43 Å². The molecule has 6 heteroatoms. The van der Waals surface area contributed by atoms with Crippen molar-refractivity contribution in [1.29, 1.82) is 0 Å². The van der Waals surface area contributed by atoms with E-state index in [-0.39, 0.29) is 12.3 Å². The number of rotatable bonds is 4. The summed E-state index contributed by atoms with van der Waals surface area (Å²) in [5, 5.41) is 4.82. The van der Waals surface area contributed by atoms with E-state index in [1.807, 2.05) is 24.3 Å². The first-order chi connectivity index (χ1) is 10.0. The van der Waals surface area contributed by atoms with Crippen LogP contribution in [0.3, 0.4) is 0 Å². The summed E-state index contributed by atoms with van der Waals surface area (Å²) in [7, 11) is 0. The second kappa shape index (κ2) is 7.59. The van der Waals surface area contributed by atoms with Crippen molar-refractivity contribution >= 4 is 51.3 Å². The van der Waals surface area contributed by atoms with Crippen molar-refractivity contribution in [2.24, 2.45) is 5.10 Å². The number of nitrogens with one attached hydrogen (secondary N) is 1. The minimum absolute atomic E-state index is 0.186. The van der Waals surface area contributed by atoms with Gasteiger partial charge in [-0.3, -0.25) is 4.79 Å². The number of amides is 1. The minimum Gasteiger partial charge on any atom is -0.273 e. The Hall–Kier alpha value is -1.36.